The maximum Gasteiger partial charge on any atom is 0.326 e. The smallest absolute Gasteiger partial charge is 0.287 e. The molecule has 0 aromatic heterocycles. The van der Waals surface area contributed by atoms with E-state index in [4.69, 9.17) is 0 Å². The highest BCUT2D eigenvalue weighted by Gasteiger charge is 2.50. The molecule has 0 aliphatic heterocycles. The summed E-state index contributed by atoms with van der Waals surface area (Å²) in [5.41, 5.74) is 5.21. The van der Waals surface area contributed by atoms with Gasteiger partial charge in [-0.1, -0.05) is 67.8 Å². The largest absolute Gasteiger partial charge is 0.326 e. The van der Waals surface area contributed by atoms with E-state index in [1.807, 2.05) is 0 Å². The van der Waals surface area contributed by atoms with Crippen LogP contribution in [0.1, 0.15) is 52.8 Å². The van der Waals surface area contributed by atoms with Crippen LogP contribution in [-0.4, -0.2) is 23.7 Å². The number of benzene rings is 2. The molecule has 2 aromatic carbocycles. The van der Waals surface area contributed by atoms with E-state index in [-0.39, 0.29) is 5.56 Å². The van der Waals surface area contributed by atoms with Gasteiger partial charge in [-0.15, -0.1) is 0 Å². The minimum absolute atomic E-state index is 0.0375. The van der Waals surface area contributed by atoms with E-state index in [0.29, 0.717) is 18.4 Å². The summed E-state index contributed by atoms with van der Waals surface area (Å²) in [5.74, 6) is -5.78. The van der Waals surface area contributed by atoms with Gasteiger partial charge in [0.05, 0.1) is 0 Å². The zero-order valence-corrected chi connectivity index (χ0v) is 15.5. The van der Waals surface area contributed by atoms with Gasteiger partial charge in [-0.05, 0) is 30.9 Å². The zero-order chi connectivity index (χ0) is 20.0. The number of Topliss-reactive ketones (excluding diaryl/α,β-unsaturated/α-hetero) is 1. The molecule has 2 aromatic rings. The quantitative estimate of drug-likeness (QED) is 0.548. The molecule has 1 fully saturated rings. The van der Waals surface area contributed by atoms with E-state index in [2.05, 4.69) is 10.9 Å². The van der Waals surface area contributed by atoms with Crippen LogP contribution < -0.4 is 10.9 Å². The number of nitrogens with one attached hydrogen (secondary N) is 2. The van der Waals surface area contributed by atoms with Gasteiger partial charge in [-0.2, -0.15) is 8.78 Å². The summed E-state index contributed by atoms with van der Waals surface area (Å²) in [6.45, 7) is 0. The average Bonchev–Trinajstić information content (AvgIpc) is 2.75. The molecule has 1 amide bonds. The number of hydrogen-bond acceptors (Lipinski definition) is 3. The molecular weight excluding hydrogens is 362 g/mol. The first kappa shape index (κ1) is 20.1. The number of carbonyl (C=O) groups is 2. The maximum atomic E-state index is 15.2. The number of hydrazine groups is 1. The zero-order valence-electron chi connectivity index (χ0n) is 15.5. The Hall–Kier alpha value is -2.60. The second-order valence-corrected chi connectivity index (χ2v) is 7.16. The lowest BCUT2D eigenvalue weighted by atomic mass is 9.80. The molecule has 4 nitrogen and oxygen atoms in total. The summed E-state index contributed by atoms with van der Waals surface area (Å²) in [6, 6.07) is 14.4. The van der Waals surface area contributed by atoms with Crippen LogP contribution in [0.2, 0.25) is 0 Å². The van der Waals surface area contributed by atoms with E-state index in [0.717, 1.165) is 19.3 Å². The summed E-state index contributed by atoms with van der Waals surface area (Å²) in [7, 11) is 0. The summed E-state index contributed by atoms with van der Waals surface area (Å²) >= 11 is 0. The van der Waals surface area contributed by atoms with Gasteiger partial charge in [0.1, 0.15) is 6.04 Å². The maximum absolute atomic E-state index is 15.2. The SMILES string of the molecule is O=C(NN[C@@H](C1CCCCC1)C(F)(F)C(=O)c1ccccc1)c1ccccc1. The Labute approximate surface area is 163 Å². The molecule has 3 rings (SSSR count). The van der Waals surface area contributed by atoms with Crippen molar-refractivity contribution in [2.45, 2.75) is 44.1 Å². The molecule has 0 saturated heterocycles. The van der Waals surface area contributed by atoms with Crippen LogP contribution in [0, 0.1) is 5.92 Å². The third-order valence-corrected chi connectivity index (χ3v) is 5.23. The Morgan fingerprint density at radius 1 is 0.857 bits per heavy atom. The second kappa shape index (κ2) is 9.06. The third kappa shape index (κ3) is 4.62. The van der Waals surface area contributed by atoms with Gasteiger partial charge >= 0.3 is 5.92 Å². The van der Waals surface area contributed by atoms with Crippen LogP contribution in [-0.2, 0) is 0 Å². The number of rotatable bonds is 7. The minimum Gasteiger partial charge on any atom is -0.287 e. The highest BCUT2D eigenvalue weighted by molar-refractivity contribution is 6.02. The molecule has 1 aliphatic carbocycles. The highest BCUT2D eigenvalue weighted by Crippen LogP contribution is 2.35. The van der Waals surface area contributed by atoms with Crippen LogP contribution in [0.5, 0.6) is 0 Å². The fourth-order valence-electron chi connectivity index (χ4n) is 3.70. The van der Waals surface area contributed by atoms with Gasteiger partial charge in [0.25, 0.3) is 5.91 Å². The Morgan fingerprint density at radius 3 is 1.96 bits per heavy atom. The van der Waals surface area contributed by atoms with Crippen molar-refractivity contribution in [3.63, 3.8) is 0 Å². The van der Waals surface area contributed by atoms with E-state index in [1.165, 1.54) is 12.1 Å². The molecule has 0 bridgehead atoms. The summed E-state index contributed by atoms with van der Waals surface area (Å²) < 4.78 is 30.5. The predicted molar refractivity (Wildman–Crippen MR) is 103 cm³/mol. The summed E-state index contributed by atoms with van der Waals surface area (Å²) in [5, 5.41) is 0. The van der Waals surface area contributed by atoms with Crippen molar-refractivity contribution in [3.05, 3.63) is 71.8 Å². The van der Waals surface area contributed by atoms with Crippen molar-refractivity contribution < 1.29 is 18.4 Å². The van der Waals surface area contributed by atoms with Crippen LogP contribution in [0.25, 0.3) is 0 Å². The Bertz CT molecular complexity index is 791. The van der Waals surface area contributed by atoms with Crippen molar-refractivity contribution >= 4 is 11.7 Å². The standard InChI is InChI=1S/C22H24F2N2O2/c23-22(24,20(27)17-12-6-2-7-13-17)19(16-10-4-1-5-11-16)25-26-21(28)18-14-8-3-9-15-18/h2-3,6-9,12-16,19,25H,1,4-5,10-11H2,(H,26,28)/t19-/m0/s1. The van der Waals surface area contributed by atoms with Gasteiger partial charge in [-0.3, -0.25) is 15.0 Å². The van der Waals surface area contributed by atoms with Gasteiger partial charge in [0.15, 0.2) is 0 Å². The van der Waals surface area contributed by atoms with Crippen LogP contribution in [0.15, 0.2) is 60.7 Å². The molecule has 0 spiro atoms. The number of alkyl halides is 2. The molecule has 6 heteroatoms. The molecule has 0 heterocycles. The normalized spacial score (nSPS) is 16.4. The fraction of sp³-hybridized carbons (Fsp3) is 0.364. The molecule has 2 N–H and O–H groups in total. The van der Waals surface area contributed by atoms with Crippen LogP contribution >= 0.6 is 0 Å². The molecule has 0 radical (unpaired) electrons. The van der Waals surface area contributed by atoms with E-state index >= 15 is 8.78 Å². The Kier molecular flexibility index (Phi) is 6.52. The van der Waals surface area contributed by atoms with Gasteiger partial charge < -0.3 is 0 Å². The Balaban J connectivity index is 1.79. The van der Waals surface area contributed by atoms with Crippen LogP contribution in [0.4, 0.5) is 8.78 Å². The fourth-order valence-corrected chi connectivity index (χ4v) is 3.70. The molecule has 148 valence electrons. The first-order valence-corrected chi connectivity index (χ1v) is 9.58. The van der Waals surface area contributed by atoms with E-state index in [1.54, 1.807) is 48.5 Å². The average molecular weight is 386 g/mol. The van der Waals surface area contributed by atoms with Crippen molar-refractivity contribution in [1.29, 1.82) is 0 Å². The summed E-state index contributed by atoms with van der Waals surface area (Å²) in [4.78, 5) is 24.9. The topological polar surface area (TPSA) is 58.2 Å². The minimum atomic E-state index is -3.65. The number of amides is 1. The van der Waals surface area contributed by atoms with Gasteiger partial charge in [0, 0.05) is 11.1 Å². The lowest BCUT2D eigenvalue weighted by Gasteiger charge is -2.35. The van der Waals surface area contributed by atoms with Crippen molar-refractivity contribution in [3.8, 4) is 0 Å². The number of halogens is 2. The van der Waals surface area contributed by atoms with Gasteiger partial charge in [0.2, 0.25) is 5.78 Å². The highest BCUT2D eigenvalue weighted by atomic mass is 19.3. The lowest BCUT2D eigenvalue weighted by Crippen LogP contribution is -2.59. The first-order valence-electron chi connectivity index (χ1n) is 9.58. The Morgan fingerprint density at radius 2 is 1.39 bits per heavy atom. The van der Waals surface area contributed by atoms with Crippen molar-refractivity contribution in [2.75, 3.05) is 0 Å². The molecule has 28 heavy (non-hydrogen) atoms. The molecule has 1 aliphatic rings. The van der Waals surface area contributed by atoms with Gasteiger partial charge in [-0.25, -0.2) is 5.43 Å². The predicted octanol–water partition coefficient (Wildman–Crippen LogP) is 4.39. The third-order valence-electron chi connectivity index (χ3n) is 5.23. The first-order chi connectivity index (χ1) is 13.5. The van der Waals surface area contributed by atoms with Crippen LogP contribution in [0.3, 0.4) is 0 Å². The van der Waals surface area contributed by atoms with Crippen molar-refractivity contribution in [2.24, 2.45) is 5.92 Å². The molecule has 0 unspecified atom stereocenters. The number of hydrogen-bond donors (Lipinski definition) is 2. The monoisotopic (exact) mass is 386 g/mol. The second-order valence-electron chi connectivity index (χ2n) is 7.16. The van der Waals surface area contributed by atoms with Crippen molar-refractivity contribution in [1.82, 2.24) is 10.9 Å². The van der Waals surface area contributed by atoms with E-state index in [9.17, 15) is 9.59 Å². The summed E-state index contributed by atoms with van der Waals surface area (Å²) in [6.07, 6.45) is 3.86. The molecule has 1 saturated carbocycles. The molecule has 1 atom stereocenters. The van der Waals surface area contributed by atoms with E-state index < -0.39 is 29.6 Å². The number of ketones is 1. The molecular formula is C22H24F2N2O2. The lowest BCUT2D eigenvalue weighted by molar-refractivity contribution is -0.0387. The number of carbonyl (C=O) groups excluding carboxylic acids is 2.